The molecule has 25 heavy (non-hydrogen) atoms. The highest BCUT2D eigenvalue weighted by atomic mass is 16.5. The summed E-state index contributed by atoms with van der Waals surface area (Å²) in [7, 11) is 1.49. The lowest BCUT2D eigenvalue weighted by Gasteiger charge is -2.28. The standard InChI is InChI=1S/C19H27N3O3/c1-12(25-2)19(24)22-15-5-3-4-14(11-15)21-18(23)10-13-8-16-6-7-17(9-13)20-16/h3-5,11-13,16-17,20H,6-10H2,1-2H3,(H,21,23)(H,22,24). The third-order valence-electron chi connectivity index (χ3n) is 5.18. The van der Waals surface area contributed by atoms with Crippen LogP contribution in [0.25, 0.3) is 0 Å². The average molecular weight is 345 g/mol. The van der Waals surface area contributed by atoms with Crippen molar-refractivity contribution in [2.75, 3.05) is 17.7 Å². The minimum atomic E-state index is -0.520. The molecule has 2 heterocycles. The zero-order chi connectivity index (χ0) is 17.8. The Balaban J connectivity index is 1.53. The Hall–Kier alpha value is -1.92. The van der Waals surface area contributed by atoms with Crippen LogP contribution in [0.1, 0.15) is 39.0 Å². The van der Waals surface area contributed by atoms with Crippen LogP contribution in [-0.2, 0) is 14.3 Å². The number of carbonyl (C=O) groups excluding carboxylic acids is 2. The van der Waals surface area contributed by atoms with Gasteiger partial charge in [-0.05, 0) is 56.7 Å². The summed E-state index contributed by atoms with van der Waals surface area (Å²) in [5, 5.41) is 9.34. The average Bonchev–Trinajstić information content (AvgIpc) is 2.92. The number of piperidine rings is 1. The number of anilines is 2. The van der Waals surface area contributed by atoms with Crippen molar-refractivity contribution < 1.29 is 14.3 Å². The summed E-state index contributed by atoms with van der Waals surface area (Å²) in [5.74, 6) is 0.292. The van der Waals surface area contributed by atoms with Crippen molar-refractivity contribution >= 4 is 23.2 Å². The maximum absolute atomic E-state index is 12.4. The van der Waals surface area contributed by atoms with E-state index in [2.05, 4.69) is 16.0 Å². The topological polar surface area (TPSA) is 79.5 Å². The molecule has 6 nitrogen and oxygen atoms in total. The number of methoxy groups -OCH3 is 1. The van der Waals surface area contributed by atoms with Crippen molar-refractivity contribution in [1.29, 1.82) is 0 Å². The van der Waals surface area contributed by atoms with Gasteiger partial charge in [0.05, 0.1) is 0 Å². The molecule has 6 heteroatoms. The molecule has 2 saturated heterocycles. The van der Waals surface area contributed by atoms with Gasteiger partial charge < -0.3 is 20.7 Å². The van der Waals surface area contributed by atoms with Crippen LogP contribution in [0.3, 0.4) is 0 Å². The smallest absolute Gasteiger partial charge is 0.253 e. The van der Waals surface area contributed by atoms with Crippen LogP contribution in [0.4, 0.5) is 11.4 Å². The molecule has 0 radical (unpaired) electrons. The Morgan fingerprint density at radius 1 is 1.20 bits per heavy atom. The number of rotatable bonds is 6. The number of benzene rings is 1. The number of hydrogen-bond acceptors (Lipinski definition) is 4. The van der Waals surface area contributed by atoms with Crippen molar-refractivity contribution in [2.24, 2.45) is 5.92 Å². The van der Waals surface area contributed by atoms with Crippen LogP contribution in [0, 0.1) is 5.92 Å². The van der Waals surface area contributed by atoms with Crippen molar-refractivity contribution in [1.82, 2.24) is 5.32 Å². The molecule has 136 valence electrons. The predicted molar refractivity (Wildman–Crippen MR) is 97.5 cm³/mol. The van der Waals surface area contributed by atoms with Gasteiger partial charge in [0.15, 0.2) is 0 Å². The number of ether oxygens (including phenoxy) is 1. The molecule has 0 aromatic heterocycles. The zero-order valence-corrected chi connectivity index (χ0v) is 14.9. The molecule has 3 N–H and O–H groups in total. The molecule has 0 saturated carbocycles. The second-order valence-corrected chi connectivity index (χ2v) is 7.18. The van der Waals surface area contributed by atoms with Crippen molar-refractivity contribution in [3.8, 4) is 0 Å². The van der Waals surface area contributed by atoms with E-state index < -0.39 is 6.10 Å². The molecule has 2 aliphatic heterocycles. The third-order valence-corrected chi connectivity index (χ3v) is 5.18. The first-order valence-electron chi connectivity index (χ1n) is 9.03. The minimum absolute atomic E-state index is 0.0417. The molecule has 0 spiro atoms. The van der Waals surface area contributed by atoms with E-state index in [1.165, 1.54) is 20.0 Å². The molecular formula is C19H27N3O3. The summed E-state index contributed by atoms with van der Waals surface area (Å²) in [6, 6.07) is 8.40. The number of carbonyl (C=O) groups is 2. The van der Waals surface area contributed by atoms with Crippen LogP contribution < -0.4 is 16.0 Å². The third kappa shape index (κ3) is 4.80. The van der Waals surface area contributed by atoms with Gasteiger partial charge in [-0.1, -0.05) is 6.07 Å². The number of fused-ring (bicyclic) bond motifs is 2. The Morgan fingerprint density at radius 2 is 1.84 bits per heavy atom. The molecule has 2 aliphatic rings. The van der Waals surface area contributed by atoms with Gasteiger partial charge in [0.2, 0.25) is 5.91 Å². The highest BCUT2D eigenvalue weighted by Crippen LogP contribution is 2.32. The molecule has 3 atom stereocenters. The summed E-state index contributed by atoms with van der Waals surface area (Å²) >= 11 is 0. The molecule has 2 bridgehead atoms. The van der Waals surface area contributed by atoms with E-state index in [9.17, 15) is 9.59 Å². The molecule has 3 unspecified atom stereocenters. The Kier molecular flexibility index (Phi) is 5.71. The number of hydrogen-bond donors (Lipinski definition) is 3. The van der Waals surface area contributed by atoms with Gasteiger partial charge in [-0.3, -0.25) is 9.59 Å². The first-order chi connectivity index (χ1) is 12.0. The molecule has 0 aliphatic carbocycles. The lowest BCUT2D eigenvalue weighted by Crippen LogP contribution is -2.39. The zero-order valence-electron chi connectivity index (χ0n) is 14.9. The van der Waals surface area contributed by atoms with Crippen LogP contribution in [0.15, 0.2) is 24.3 Å². The summed E-state index contributed by atoms with van der Waals surface area (Å²) in [6.07, 6.45) is 4.71. The van der Waals surface area contributed by atoms with E-state index >= 15 is 0 Å². The summed E-state index contributed by atoms with van der Waals surface area (Å²) in [4.78, 5) is 24.2. The van der Waals surface area contributed by atoms with Crippen molar-refractivity contribution in [3.63, 3.8) is 0 Å². The monoisotopic (exact) mass is 345 g/mol. The minimum Gasteiger partial charge on any atom is -0.372 e. The van der Waals surface area contributed by atoms with Crippen LogP contribution in [0.2, 0.25) is 0 Å². The lowest BCUT2D eigenvalue weighted by molar-refractivity contribution is -0.124. The first kappa shape index (κ1) is 17.9. The fourth-order valence-corrected chi connectivity index (χ4v) is 3.84. The van der Waals surface area contributed by atoms with Gasteiger partial charge >= 0.3 is 0 Å². The largest absolute Gasteiger partial charge is 0.372 e. The fraction of sp³-hybridized carbons (Fsp3) is 0.579. The van der Waals surface area contributed by atoms with Gasteiger partial charge in [-0.2, -0.15) is 0 Å². The normalized spacial score (nSPS) is 26.1. The molecule has 2 amide bonds. The van der Waals surface area contributed by atoms with Gasteiger partial charge in [0, 0.05) is 37.0 Å². The lowest BCUT2D eigenvalue weighted by atomic mass is 9.89. The quantitative estimate of drug-likeness (QED) is 0.740. The van der Waals surface area contributed by atoms with Crippen molar-refractivity contribution in [3.05, 3.63) is 24.3 Å². The van der Waals surface area contributed by atoms with E-state index in [1.807, 2.05) is 12.1 Å². The molecule has 1 aromatic carbocycles. The molecular weight excluding hydrogens is 318 g/mol. The maximum atomic E-state index is 12.4. The maximum Gasteiger partial charge on any atom is 0.253 e. The SMILES string of the molecule is COC(C)C(=O)Nc1cccc(NC(=O)CC2CC3CCC(C2)N3)c1. The molecule has 3 rings (SSSR count). The van der Waals surface area contributed by atoms with E-state index in [-0.39, 0.29) is 11.8 Å². The summed E-state index contributed by atoms with van der Waals surface area (Å²) in [5.41, 5.74) is 1.34. The number of nitrogens with one attached hydrogen (secondary N) is 3. The van der Waals surface area contributed by atoms with Gasteiger partial charge in [0.25, 0.3) is 5.91 Å². The first-order valence-corrected chi connectivity index (χ1v) is 9.03. The second kappa shape index (κ2) is 7.97. The molecule has 1 aromatic rings. The summed E-state index contributed by atoms with van der Waals surface area (Å²) in [6.45, 7) is 1.69. The number of amides is 2. The van der Waals surface area contributed by atoms with Crippen LogP contribution in [0.5, 0.6) is 0 Å². The predicted octanol–water partition coefficient (Wildman–Crippen LogP) is 2.52. The highest BCUT2D eigenvalue weighted by Gasteiger charge is 2.34. The van der Waals surface area contributed by atoms with E-state index in [0.29, 0.717) is 35.8 Å². The second-order valence-electron chi connectivity index (χ2n) is 7.18. The van der Waals surface area contributed by atoms with Crippen LogP contribution >= 0.6 is 0 Å². The van der Waals surface area contributed by atoms with Gasteiger partial charge in [0.1, 0.15) is 6.10 Å². The van der Waals surface area contributed by atoms with E-state index in [0.717, 1.165) is 12.8 Å². The van der Waals surface area contributed by atoms with Gasteiger partial charge in [-0.15, -0.1) is 0 Å². The fourth-order valence-electron chi connectivity index (χ4n) is 3.84. The Bertz CT molecular complexity index is 622. The Labute approximate surface area is 148 Å². The van der Waals surface area contributed by atoms with Gasteiger partial charge in [-0.25, -0.2) is 0 Å². The van der Waals surface area contributed by atoms with Crippen molar-refractivity contribution in [2.45, 2.75) is 57.2 Å². The summed E-state index contributed by atoms with van der Waals surface area (Å²) < 4.78 is 5.00. The van der Waals surface area contributed by atoms with E-state index in [1.54, 1.807) is 19.1 Å². The molecule has 2 fully saturated rings. The Morgan fingerprint density at radius 3 is 2.48 bits per heavy atom. The highest BCUT2D eigenvalue weighted by molar-refractivity contribution is 5.95. The van der Waals surface area contributed by atoms with E-state index in [4.69, 9.17) is 4.74 Å². The van der Waals surface area contributed by atoms with Crippen LogP contribution in [-0.4, -0.2) is 37.1 Å².